The van der Waals surface area contributed by atoms with E-state index in [1.54, 1.807) is 17.8 Å². The number of carbonyl (C=O) groups is 1. The van der Waals surface area contributed by atoms with Gasteiger partial charge in [0.15, 0.2) is 5.13 Å². The minimum atomic E-state index is -0.296. The minimum Gasteiger partial charge on any atom is -0.334 e. The predicted molar refractivity (Wildman–Crippen MR) is 110 cm³/mol. The molecule has 27 heavy (non-hydrogen) atoms. The molecule has 0 unspecified atom stereocenters. The summed E-state index contributed by atoms with van der Waals surface area (Å²) in [5.74, 6) is -0.296. The molecule has 0 bridgehead atoms. The highest BCUT2D eigenvalue weighted by atomic mass is 35.5. The van der Waals surface area contributed by atoms with Crippen LogP contribution in [0.25, 0.3) is 11.0 Å². The Morgan fingerprint density at radius 1 is 1.26 bits per heavy atom. The number of anilines is 3. The number of amides is 1. The molecule has 0 aliphatic heterocycles. The summed E-state index contributed by atoms with van der Waals surface area (Å²) in [6.45, 7) is 1.89. The van der Waals surface area contributed by atoms with Crippen LogP contribution in [0.5, 0.6) is 0 Å². The summed E-state index contributed by atoms with van der Waals surface area (Å²) in [4.78, 5) is 21.2. The van der Waals surface area contributed by atoms with Gasteiger partial charge in [0.2, 0.25) is 0 Å². The quantitative estimate of drug-likeness (QED) is 0.509. The molecule has 2 aromatic carbocycles. The molecule has 136 valence electrons. The lowest BCUT2D eigenvalue weighted by Gasteiger charge is -2.08. The molecule has 0 saturated carbocycles. The van der Waals surface area contributed by atoms with Crippen LogP contribution in [0.2, 0.25) is 5.02 Å². The predicted octanol–water partition coefficient (Wildman–Crippen LogP) is 4.99. The molecule has 6 nitrogen and oxygen atoms in total. The summed E-state index contributed by atoms with van der Waals surface area (Å²) in [6, 6.07) is 11.4. The molecule has 2 N–H and O–H groups in total. The number of hydrogen-bond donors (Lipinski definition) is 2. The van der Waals surface area contributed by atoms with Crippen molar-refractivity contribution in [1.82, 2.24) is 14.5 Å². The highest BCUT2D eigenvalue weighted by molar-refractivity contribution is 7.14. The second kappa shape index (κ2) is 7.02. The number of fused-ring (bicyclic) bond motifs is 1. The second-order valence-electron chi connectivity index (χ2n) is 6.11. The largest absolute Gasteiger partial charge is 0.334 e. The van der Waals surface area contributed by atoms with E-state index in [9.17, 15) is 4.79 Å². The van der Waals surface area contributed by atoms with Gasteiger partial charge in [-0.2, -0.15) is 0 Å². The number of imidazole rings is 1. The van der Waals surface area contributed by atoms with Gasteiger partial charge in [-0.25, -0.2) is 9.97 Å². The smallest absolute Gasteiger partial charge is 0.275 e. The van der Waals surface area contributed by atoms with Crippen LogP contribution in [0, 0.1) is 6.92 Å². The number of aromatic nitrogens is 3. The van der Waals surface area contributed by atoms with Crippen LogP contribution in [0.15, 0.2) is 48.1 Å². The van der Waals surface area contributed by atoms with Crippen molar-refractivity contribution in [2.45, 2.75) is 6.92 Å². The third-order valence-electron chi connectivity index (χ3n) is 4.17. The van der Waals surface area contributed by atoms with Gasteiger partial charge < -0.3 is 15.2 Å². The van der Waals surface area contributed by atoms with Gasteiger partial charge in [0.25, 0.3) is 5.91 Å². The van der Waals surface area contributed by atoms with E-state index in [0.717, 1.165) is 22.3 Å². The molecule has 8 heteroatoms. The molecule has 0 saturated heterocycles. The molecule has 0 atom stereocenters. The van der Waals surface area contributed by atoms with E-state index < -0.39 is 0 Å². The van der Waals surface area contributed by atoms with Gasteiger partial charge in [-0.1, -0.05) is 23.7 Å². The van der Waals surface area contributed by atoms with Crippen LogP contribution in [-0.2, 0) is 7.05 Å². The van der Waals surface area contributed by atoms with Gasteiger partial charge in [-0.3, -0.25) is 4.79 Å². The SMILES string of the molecule is Cc1cccc(Cl)c1NC(=O)c1csc(Nc2ccc3c(c2)ncn3C)n1. The fourth-order valence-electron chi connectivity index (χ4n) is 2.74. The Morgan fingerprint density at radius 3 is 2.93 bits per heavy atom. The first-order valence-electron chi connectivity index (χ1n) is 8.21. The first kappa shape index (κ1) is 17.5. The maximum atomic E-state index is 12.5. The number of benzene rings is 2. The molecule has 4 aromatic rings. The van der Waals surface area contributed by atoms with Crippen molar-refractivity contribution in [1.29, 1.82) is 0 Å². The Morgan fingerprint density at radius 2 is 2.11 bits per heavy atom. The average Bonchev–Trinajstić information content (AvgIpc) is 3.25. The number of hydrogen-bond acceptors (Lipinski definition) is 5. The molecule has 0 radical (unpaired) electrons. The van der Waals surface area contributed by atoms with Crippen molar-refractivity contribution < 1.29 is 4.79 Å². The van der Waals surface area contributed by atoms with Gasteiger partial charge in [0, 0.05) is 18.1 Å². The zero-order chi connectivity index (χ0) is 19.0. The van der Waals surface area contributed by atoms with Crippen molar-refractivity contribution >= 4 is 56.4 Å². The Kier molecular flexibility index (Phi) is 4.55. The zero-order valence-electron chi connectivity index (χ0n) is 14.7. The van der Waals surface area contributed by atoms with Crippen LogP contribution in [-0.4, -0.2) is 20.4 Å². The highest BCUT2D eigenvalue weighted by Gasteiger charge is 2.14. The Labute approximate surface area is 164 Å². The lowest BCUT2D eigenvalue weighted by atomic mass is 10.2. The zero-order valence-corrected chi connectivity index (χ0v) is 16.2. The van der Waals surface area contributed by atoms with Crippen LogP contribution < -0.4 is 10.6 Å². The van der Waals surface area contributed by atoms with E-state index in [1.807, 2.05) is 48.9 Å². The number of rotatable bonds is 4. The molecule has 0 aliphatic rings. The van der Waals surface area contributed by atoms with Crippen LogP contribution in [0.1, 0.15) is 16.1 Å². The van der Waals surface area contributed by atoms with Crippen molar-refractivity contribution in [3.8, 4) is 0 Å². The summed E-state index contributed by atoms with van der Waals surface area (Å²) in [5, 5.41) is 8.89. The van der Waals surface area contributed by atoms with E-state index in [1.165, 1.54) is 11.3 Å². The molecule has 4 rings (SSSR count). The molecular formula is C19H16ClN5OS. The van der Waals surface area contributed by atoms with E-state index in [4.69, 9.17) is 11.6 Å². The van der Waals surface area contributed by atoms with Crippen LogP contribution >= 0.6 is 22.9 Å². The summed E-state index contributed by atoms with van der Waals surface area (Å²) in [7, 11) is 1.95. The Bertz CT molecular complexity index is 1130. The molecule has 2 heterocycles. The van der Waals surface area contributed by atoms with E-state index in [0.29, 0.717) is 21.5 Å². The first-order valence-corrected chi connectivity index (χ1v) is 9.47. The summed E-state index contributed by atoms with van der Waals surface area (Å²) in [5.41, 5.74) is 4.65. The number of carbonyl (C=O) groups excluding carboxylic acids is 1. The van der Waals surface area contributed by atoms with Crippen LogP contribution in [0.4, 0.5) is 16.5 Å². The maximum absolute atomic E-state index is 12.5. The summed E-state index contributed by atoms with van der Waals surface area (Å²) >= 11 is 7.53. The standard InChI is InChI=1S/C19H16ClN5OS/c1-11-4-3-5-13(20)17(11)24-18(26)15-9-27-19(23-15)22-12-6-7-16-14(8-12)21-10-25(16)2/h3-10H,1-2H3,(H,22,23)(H,24,26). The number of nitrogens with one attached hydrogen (secondary N) is 2. The molecule has 0 aliphatic carbocycles. The van der Waals surface area contributed by atoms with E-state index >= 15 is 0 Å². The lowest BCUT2D eigenvalue weighted by molar-refractivity contribution is 0.102. The van der Waals surface area contributed by atoms with Gasteiger partial charge >= 0.3 is 0 Å². The number of thiazole rings is 1. The topological polar surface area (TPSA) is 71.8 Å². The summed E-state index contributed by atoms with van der Waals surface area (Å²) < 4.78 is 1.96. The van der Waals surface area contributed by atoms with Crippen LogP contribution in [0.3, 0.4) is 0 Å². The molecule has 1 amide bonds. The van der Waals surface area contributed by atoms with E-state index in [2.05, 4.69) is 20.6 Å². The minimum absolute atomic E-state index is 0.296. The monoisotopic (exact) mass is 397 g/mol. The van der Waals surface area contributed by atoms with Crippen molar-refractivity contribution in [2.75, 3.05) is 10.6 Å². The fraction of sp³-hybridized carbons (Fsp3) is 0.105. The molecule has 2 aromatic heterocycles. The van der Waals surface area contributed by atoms with Crippen molar-refractivity contribution in [3.05, 3.63) is 64.4 Å². The maximum Gasteiger partial charge on any atom is 0.275 e. The first-order chi connectivity index (χ1) is 13.0. The second-order valence-corrected chi connectivity index (χ2v) is 7.37. The van der Waals surface area contributed by atoms with Crippen molar-refractivity contribution in [2.24, 2.45) is 7.05 Å². The Balaban J connectivity index is 1.51. The average molecular weight is 398 g/mol. The number of aryl methyl sites for hydroxylation is 2. The summed E-state index contributed by atoms with van der Waals surface area (Å²) in [6.07, 6.45) is 1.77. The Hall–Kier alpha value is -2.90. The molecule has 0 fully saturated rings. The van der Waals surface area contributed by atoms with Crippen molar-refractivity contribution in [3.63, 3.8) is 0 Å². The lowest BCUT2D eigenvalue weighted by Crippen LogP contribution is -2.13. The third kappa shape index (κ3) is 3.51. The fourth-order valence-corrected chi connectivity index (χ4v) is 3.72. The molecule has 0 spiro atoms. The highest BCUT2D eigenvalue weighted by Crippen LogP contribution is 2.27. The number of nitrogens with zero attached hydrogens (tertiary/aromatic N) is 3. The van der Waals surface area contributed by atoms with Gasteiger partial charge in [0.05, 0.1) is 28.1 Å². The number of halogens is 1. The van der Waals surface area contributed by atoms with Gasteiger partial charge in [-0.15, -0.1) is 11.3 Å². The third-order valence-corrected chi connectivity index (χ3v) is 5.25. The molecular weight excluding hydrogens is 382 g/mol. The normalized spacial score (nSPS) is 10.9. The van der Waals surface area contributed by atoms with Gasteiger partial charge in [-0.05, 0) is 36.8 Å². The van der Waals surface area contributed by atoms with E-state index in [-0.39, 0.29) is 5.91 Å². The number of para-hydroxylation sites is 1. The van der Waals surface area contributed by atoms with Gasteiger partial charge in [0.1, 0.15) is 5.69 Å².